The van der Waals surface area contributed by atoms with Crippen LogP contribution in [0.1, 0.15) is 44.8 Å². The Morgan fingerprint density at radius 3 is 2.90 bits per heavy atom. The van der Waals surface area contributed by atoms with Crippen molar-refractivity contribution in [3.05, 3.63) is 11.6 Å². The minimum Gasteiger partial charge on any atom is -0.481 e. The van der Waals surface area contributed by atoms with Gasteiger partial charge in [-0.2, -0.15) is 0 Å². The van der Waals surface area contributed by atoms with E-state index in [9.17, 15) is 9.90 Å². The molecule has 0 amide bonds. The molecule has 0 bridgehead atoms. The van der Waals surface area contributed by atoms with E-state index in [0.717, 1.165) is 31.0 Å². The van der Waals surface area contributed by atoms with Crippen molar-refractivity contribution in [1.82, 2.24) is 19.7 Å². The fraction of sp³-hybridized carbons (Fsp3) is 0.800. The Morgan fingerprint density at radius 1 is 1.38 bits per heavy atom. The first-order valence-electron chi connectivity index (χ1n) is 7.95. The van der Waals surface area contributed by atoms with Crippen LogP contribution in [0.2, 0.25) is 0 Å². The van der Waals surface area contributed by atoms with E-state index in [1.165, 1.54) is 12.8 Å². The van der Waals surface area contributed by atoms with Crippen LogP contribution in [-0.4, -0.2) is 49.4 Å². The van der Waals surface area contributed by atoms with Gasteiger partial charge in [-0.05, 0) is 39.7 Å². The van der Waals surface area contributed by atoms with Crippen LogP contribution in [0.4, 0.5) is 0 Å². The summed E-state index contributed by atoms with van der Waals surface area (Å²) in [4.78, 5) is 13.7. The summed E-state index contributed by atoms with van der Waals surface area (Å²) in [5.41, 5.74) is 0. The molecule has 3 rings (SSSR count). The van der Waals surface area contributed by atoms with Crippen molar-refractivity contribution < 1.29 is 9.90 Å². The van der Waals surface area contributed by atoms with Gasteiger partial charge in [0.05, 0.1) is 5.92 Å². The molecule has 1 aromatic heterocycles. The van der Waals surface area contributed by atoms with Crippen LogP contribution in [0.5, 0.6) is 0 Å². The van der Waals surface area contributed by atoms with Crippen molar-refractivity contribution in [3.8, 4) is 0 Å². The van der Waals surface area contributed by atoms with Crippen LogP contribution in [0.15, 0.2) is 0 Å². The molecule has 0 aliphatic carbocycles. The monoisotopic (exact) mass is 292 g/mol. The summed E-state index contributed by atoms with van der Waals surface area (Å²) in [5.74, 6) is 0.923. The lowest BCUT2D eigenvalue weighted by atomic mass is 9.99. The zero-order valence-corrected chi connectivity index (χ0v) is 12.8. The summed E-state index contributed by atoms with van der Waals surface area (Å²) in [6, 6.07) is 1.07. The second-order valence-electron chi connectivity index (χ2n) is 6.55. The van der Waals surface area contributed by atoms with Crippen LogP contribution >= 0.6 is 0 Å². The third-order valence-corrected chi connectivity index (χ3v) is 4.88. The topological polar surface area (TPSA) is 71.2 Å². The summed E-state index contributed by atoms with van der Waals surface area (Å²) >= 11 is 0. The van der Waals surface area contributed by atoms with Crippen molar-refractivity contribution in [2.75, 3.05) is 6.54 Å². The van der Waals surface area contributed by atoms with Gasteiger partial charge in [0, 0.05) is 31.5 Å². The highest BCUT2D eigenvalue weighted by molar-refractivity contribution is 5.70. The zero-order chi connectivity index (χ0) is 15.0. The maximum Gasteiger partial charge on any atom is 0.308 e. The Bertz CT molecular complexity index is 526. The first-order valence-corrected chi connectivity index (χ1v) is 7.95. The number of nitrogens with zero attached hydrogens (tertiary/aromatic N) is 4. The second kappa shape index (κ2) is 5.75. The molecule has 0 spiro atoms. The molecule has 116 valence electrons. The highest BCUT2D eigenvalue weighted by Crippen LogP contribution is 2.25. The number of carboxylic acids is 1. The molecular weight excluding hydrogens is 268 g/mol. The number of rotatable bonds is 4. The average molecular weight is 292 g/mol. The van der Waals surface area contributed by atoms with E-state index in [0.29, 0.717) is 25.0 Å². The maximum atomic E-state index is 11.2. The van der Waals surface area contributed by atoms with E-state index in [1.807, 2.05) is 0 Å². The molecule has 0 saturated carbocycles. The second-order valence-corrected chi connectivity index (χ2v) is 6.55. The minimum atomic E-state index is -0.704. The Labute approximate surface area is 125 Å². The number of aromatic nitrogens is 3. The molecule has 2 unspecified atom stereocenters. The molecule has 1 N–H and O–H groups in total. The van der Waals surface area contributed by atoms with Crippen molar-refractivity contribution in [3.63, 3.8) is 0 Å². The van der Waals surface area contributed by atoms with Crippen LogP contribution in [-0.2, 0) is 24.2 Å². The number of aliphatic carboxylic acids is 1. The van der Waals surface area contributed by atoms with Gasteiger partial charge in [0.2, 0.25) is 0 Å². The van der Waals surface area contributed by atoms with E-state index < -0.39 is 5.97 Å². The molecule has 1 aromatic rings. The fourth-order valence-electron chi connectivity index (χ4n) is 3.70. The van der Waals surface area contributed by atoms with Crippen molar-refractivity contribution in [2.45, 2.75) is 64.6 Å². The highest BCUT2D eigenvalue weighted by atomic mass is 16.4. The lowest BCUT2D eigenvalue weighted by Gasteiger charge is -2.28. The molecule has 3 heterocycles. The van der Waals surface area contributed by atoms with Crippen LogP contribution < -0.4 is 0 Å². The minimum absolute atomic E-state index is 0.294. The van der Waals surface area contributed by atoms with Crippen molar-refractivity contribution in [1.29, 1.82) is 0 Å². The first-order chi connectivity index (χ1) is 10.1. The van der Waals surface area contributed by atoms with Crippen molar-refractivity contribution >= 4 is 5.97 Å². The molecule has 21 heavy (non-hydrogen) atoms. The van der Waals surface area contributed by atoms with Gasteiger partial charge in [0.15, 0.2) is 0 Å². The van der Waals surface area contributed by atoms with Crippen molar-refractivity contribution in [2.24, 2.45) is 5.92 Å². The Balaban J connectivity index is 1.75. The van der Waals surface area contributed by atoms with Crippen LogP contribution in [0, 0.1) is 5.92 Å². The molecular formula is C15H24N4O2. The third kappa shape index (κ3) is 2.81. The SMILES string of the molecule is CC(C)N1CCCC1Cc1nnc2n1CC(C(=O)O)CC2. The summed E-state index contributed by atoms with van der Waals surface area (Å²) in [6.07, 6.45) is 4.72. The van der Waals surface area contributed by atoms with Gasteiger partial charge in [-0.25, -0.2) is 0 Å². The van der Waals surface area contributed by atoms with E-state index in [1.54, 1.807) is 0 Å². The zero-order valence-electron chi connectivity index (χ0n) is 12.8. The quantitative estimate of drug-likeness (QED) is 0.907. The van der Waals surface area contributed by atoms with Gasteiger partial charge in [-0.3, -0.25) is 9.69 Å². The Kier molecular flexibility index (Phi) is 3.97. The molecule has 2 aliphatic rings. The lowest BCUT2D eigenvalue weighted by molar-refractivity contribution is -0.142. The normalized spacial score (nSPS) is 26.2. The molecule has 0 aromatic carbocycles. The lowest BCUT2D eigenvalue weighted by Crippen LogP contribution is -2.37. The van der Waals surface area contributed by atoms with Gasteiger partial charge in [-0.15, -0.1) is 10.2 Å². The predicted octanol–water partition coefficient (Wildman–Crippen LogP) is 1.34. The van der Waals surface area contributed by atoms with Crippen LogP contribution in [0.25, 0.3) is 0 Å². The van der Waals surface area contributed by atoms with Gasteiger partial charge < -0.3 is 9.67 Å². The molecule has 6 heteroatoms. The summed E-state index contributed by atoms with van der Waals surface area (Å²) in [6.45, 7) is 6.15. The maximum absolute atomic E-state index is 11.2. The Morgan fingerprint density at radius 2 is 2.19 bits per heavy atom. The summed E-state index contributed by atoms with van der Waals surface area (Å²) in [5, 5.41) is 17.8. The number of carboxylic acid groups (broad SMARTS) is 1. The number of likely N-dealkylation sites (tertiary alicyclic amines) is 1. The average Bonchev–Trinajstić information content (AvgIpc) is 3.06. The van der Waals surface area contributed by atoms with Gasteiger partial charge in [-0.1, -0.05) is 0 Å². The van der Waals surface area contributed by atoms with E-state index in [-0.39, 0.29) is 5.92 Å². The molecule has 1 saturated heterocycles. The third-order valence-electron chi connectivity index (χ3n) is 4.88. The summed E-state index contributed by atoms with van der Waals surface area (Å²) < 4.78 is 2.05. The Hall–Kier alpha value is -1.43. The first kappa shape index (κ1) is 14.5. The molecule has 2 aliphatic heterocycles. The molecule has 6 nitrogen and oxygen atoms in total. The van der Waals surface area contributed by atoms with E-state index >= 15 is 0 Å². The number of hydrogen-bond acceptors (Lipinski definition) is 4. The van der Waals surface area contributed by atoms with E-state index in [4.69, 9.17) is 0 Å². The molecule has 1 fully saturated rings. The number of fused-ring (bicyclic) bond motifs is 1. The smallest absolute Gasteiger partial charge is 0.308 e. The number of carbonyl (C=O) groups is 1. The van der Waals surface area contributed by atoms with Gasteiger partial charge in [0.25, 0.3) is 0 Å². The number of aryl methyl sites for hydroxylation is 1. The highest BCUT2D eigenvalue weighted by Gasteiger charge is 2.31. The van der Waals surface area contributed by atoms with Gasteiger partial charge >= 0.3 is 5.97 Å². The molecule has 0 radical (unpaired) electrons. The van der Waals surface area contributed by atoms with Gasteiger partial charge in [0.1, 0.15) is 11.6 Å². The standard InChI is InChI=1S/C15H24N4O2/c1-10(2)18-7-3-4-12(18)8-14-17-16-13-6-5-11(15(20)21)9-19(13)14/h10-12H,3-9H2,1-2H3,(H,20,21). The predicted molar refractivity (Wildman–Crippen MR) is 78.0 cm³/mol. The number of hydrogen-bond donors (Lipinski definition) is 1. The van der Waals surface area contributed by atoms with E-state index in [2.05, 4.69) is 33.5 Å². The molecule has 2 atom stereocenters. The van der Waals surface area contributed by atoms with Crippen LogP contribution in [0.3, 0.4) is 0 Å². The summed E-state index contributed by atoms with van der Waals surface area (Å²) in [7, 11) is 0. The fourth-order valence-corrected chi connectivity index (χ4v) is 3.70. The largest absolute Gasteiger partial charge is 0.481 e.